The first kappa shape index (κ1) is 21.8. The van der Waals surface area contributed by atoms with Crippen molar-refractivity contribution in [1.82, 2.24) is 24.1 Å². The Morgan fingerprint density at radius 2 is 1.73 bits per heavy atom. The maximum Gasteiger partial charge on any atom is 0.226 e. The summed E-state index contributed by atoms with van der Waals surface area (Å²) in [4.78, 5) is 19.4. The van der Waals surface area contributed by atoms with Gasteiger partial charge in [0.25, 0.3) is 0 Å². The zero-order chi connectivity index (χ0) is 21.4. The Kier molecular flexibility index (Phi) is 6.53. The van der Waals surface area contributed by atoms with Crippen LogP contribution < -0.4 is 4.90 Å². The molecule has 168 valence electrons. The Bertz CT molecular complexity index is 797. The van der Waals surface area contributed by atoms with Gasteiger partial charge in [-0.2, -0.15) is 0 Å². The van der Waals surface area contributed by atoms with Gasteiger partial charge in [0.1, 0.15) is 0 Å². The third-order valence-electron chi connectivity index (χ3n) is 7.22. The molecule has 3 fully saturated rings. The topological polar surface area (TPSA) is 49.5 Å². The summed E-state index contributed by atoms with van der Waals surface area (Å²) in [7, 11) is 1.92. The summed E-state index contributed by atoms with van der Waals surface area (Å²) in [6.07, 6.45) is 6.74. The van der Waals surface area contributed by atoms with Gasteiger partial charge in [0, 0.05) is 51.2 Å². The number of piperidine rings is 2. The molecular weight excluding hydrogens is 396 g/mol. The molecule has 30 heavy (non-hydrogen) atoms. The van der Waals surface area contributed by atoms with Crippen molar-refractivity contribution in [3.8, 4) is 0 Å². The lowest BCUT2D eigenvalue weighted by atomic mass is 9.95. The van der Waals surface area contributed by atoms with E-state index >= 15 is 0 Å². The fourth-order valence-corrected chi connectivity index (χ4v) is 4.96. The predicted octanol–water partition coefficient (Wildman–Crippen LogP) is 3.52. The highest BCUT2D eigenvalue weighted by Crippen LogP contribution is 2.39. The van der Waals surface area contributed by atoms with Gasteiger partial charge in [-0.1, -0.05) is 6.92 Å². The molecule has 2 saturated heterocycles. The average Bonchev–Trinajstić information content (AvgIpc) is 3.52. The Labute approximate surface area is 186 Å². The van der Waals surface area contributed by atoms with Gasteiger partial charge < -0.3 is 9.80 Å². The Hall–Kier alpha value is -1.41. The first-order chi connectivity index (χ1) is 14.3. The summed E-state index contributed by atoms with van der Waals surface area (Å²) in [5.74, 6) is 2.33. The standard InChI is InChI=1S/C22H38N6OS/c1-16(2)24(4)20(29)18-9-11-25(12-10-18)15-27-22(30)28(19-5-6-19)21(23-27)26-13-7-17(3)8-14-26/h16-19H,5-15H2,1-4H3. The summed E-state index contributed by atoms with van der Waals surface area (Å²) >= 11 is 5.87. The minimum absolute atomic E-state index is 0.150. The Morgan fingerprint density at radius 3 is 2.30 bits per heavy atom. The third-order valence-corrected chi connectivity index (χ3v) is 7.63. The van der Waals surface area contributed by atoms with E-state index in [1.165, 1.54) is 25.7 Å². The molecule has 0 radical (unpaired) electrons. The molecule has 0 spiro atoms. The normalized spacial score (nSPS) is 22.1. The number of likely N-dealkylation sites (tertiary alicyclic amines) is 1. The van der Waals surface area contributed by atoms with E-state index in [4.69, 9.17) is 17.3 Å². The number of nitrogens with zero attached hydrogens (tertiary/aromatic N) is 6. The van der Waals surface area contributed by atoms with Gasteiger partial charge in [0.15, 0.2) is 0 Å². The van der Waals surface area contributed by atoms with Crippen LogP contribution in [-0.4, -0.2) is 69.3 Å². The van der Waals surface area contributed by atoms with E-state index in [0.717, 1.165) is 62.3 Å². The van der Waals surface area contributed by atoms with Crippen molar-refractivity contribution in [1.29, 1.82) is 0 Å². The van der Waals surface area contributed by atoms with Crippen LogP contribution >= 0.6 is 12.2 Å². The predicted molar refractivity (Wildman–Crippen MR) is 122 cm³/mol. The molecule has 8 heteroatoms. The quantitative estimate of drug-likeness (QED) is 0.641. The molecule has 4 rings (SSSR count). The van der Waals surface area contributed by atoms with Gasteiger partial charge in [-0.05, 0) is 70.5 Å². The van der Waals surface area contributed by atoms with Crippen LogP contribution in [0.3, 0.4) is 0 Å². The molecule has 1 aliphatic carbocycles. The lowest BCUT2D eigenvalue weighted by Gasteiger charge is -2.34. The highest BCUT2D eigenvalue weighted by atomic mass is 32.1. The number of carbonyl (C=O) groups excluding carboxylic acids is 1. The molecule has 0 unspecified atom stereocenters. The Balaban J connectivity index is 1.41. The van der Waals surface area contributed by atoms with E-state index in [9.17, 15) is 4.79 Å². The number of hydrogen-bond donors (Lipinski definition) is 0. The van der Waals surface area contributed by atoms with Gasteiger partial charge >= 0.3 is 0 Å². The van der Waals surface area contributed by atoms with Gasteiger partial charge in [-0.25, -0.2) is 4.68 Å². The summed E-state index contributed by atoms with van der Waals surface area (Å²) in [6.45, 7) is 11.2. The Morgan fingerprint density at radius 1 is 1.10 bits per heavy atom. The van der Waals surface area contributed by atoms with E-state index in [0.29, 0.717) is 11.9 Å². The van der Waals surface area contributed by atoms with E-state index in [1.807, 2.05) is 16.6 Å². The van der Waals surface area contributed by atoms with Crippen molar-refractivity contribution in [2.45, 2.75) is 78.0 Å². The van der Waals surface area contributed by atoms with Crippen molar-refractivity contribution in [2.75, 3.05) is 38.1 Å². The molecule has 1 aromatic heterocycles. The molecule has 0 N–H and O–H groups in total. The summed E-state index contributed by atoms with van der Waals surface area (Å²) in [5, 5.41) is 5.00. The molecule has 3 heterocycles. The number of hydrogen-bond acceptors (Lipinski definition) is 5. The maximum atomic E-state index is 12.7. The fourth-order valence-electron chi connectivity index (χ4n) is 4.63. The summed E-state index contributed by atoms with van der Waals surface area (Å²) < 4.78 is 5.21. The second-order valence-electron chi connectivity index (χ2n) is 9.93. The highest BCUT2D eigenvalue weighted by Gasteiger charge is 2.33. The molecule has 1 saturated carbocycles. The van der Waals surface area contributed by atoms with E-state index in [1.54, 1.807) is 0 Å². The van der Waals surface area contributed by atoms with E-state index in [-0.39, 0.29) is 12.0 Å². The zero-order valence-electron chi connectivity index (χ0n) is 19.1. The van der Waals surface area contributed by atoms with Gasteiger partial charge in [-0.15, -0.1) is 5.10 Å². The molecule has 0 atom stereocenters. The molecular formula is C22H38N6OS. The van der Waals surface area contributed by atoms with Crippen molar-refractivity contribution >= 4 is 24.1 Å². The van der Waals surface area contributed by atoms with Crippen LogP contribution in [0.1, 0.15) is 65.3 Å². The smallest absolute Gasteiger partial charge is 0.226 e. The zero-order valence-corrected chi connectivity index (χ0v) is 19.9. The molecule has 3 aliphatic rings. The van der Waals surface area contributed by atoms with Gasteiger partial charge in [-0.3, -0.25) is 14.3 Å². The van der Waals surface area contributed by atoms with Gasteiger partial charge in [0.05, 0.1) is 6.67 Å². The van der Waals surface area contributed by atoms with Gasteiger partial charge in [0.2, 0.25) is 16.6 Å². The van der Waals surface area contributed by atoms with Crippen molar-refractivity contribution in [2.24, 2.45) is 11.8 Å². The fraction of sp³-hybridized carbons (Fsp3) is 0.864. The second kappa shape index (κ2) is 8.99. The number of anilines is 1. The lowest BCUT2D eigenvalue weighted by Crippen LogP contribution is -2.43. The van der Waals surface area contributed by atoms with Crippen LogP contribution in [0.4, 0.5) is 5.95 Å². The molecule has 7 nitrogen and oxygen atoms in total. The SMILES string of the molecule is CC1CCN(c2nn(CN3CCC(C(=O)N(C)C(C)C)CC3)c(=S)n2C2CC2)CC1. The third kappa shape index (κ3) is 4.59. The van der Waals surface area contributed by atoms with Crippen molar-refractivity contribution in [3.05, 3.63) is 4.77 Å². The number of amides is 1. The maximum absolute atomic E-state index is 12.7. The first-order valence-corrected chi connectivity index (χ1v) is 12.2. The van der Waals surface area contributed by atoms with E-state index in [2.05, 4.69) is 35.1 Å². The minimum atomic E-state index is 0.150. The summed E-state index contributed by atoms with van der Waals surface area (Å²) in [6, 6.07) is 0.798. The van der Waals surface area contributed by atoms with Crippen LogP contribution in [0.2, 0.25) is 0 Å². The first-order valence-electron chi connectivity index (χ1n) is 11.8. The number of rotatable bonds is 6. The van der Waals surface area contributed by atoms with Crippen LogP contribution in [0.5, 0.6) is 0 Å². The molecule has 1 aromatic rings. The highest BCUT2D eigenvalue weighted by molar-refractivity contribution is 7.71. The minimum Gasteiger partial charge on any atom is -0.343 e. The molecule has 0 bridgehead atoms. The summed E-state index contributed by atoms with van der Waals surface area (Å²) in [5.41, 5.74) is 0. The molecule has 1 amide bonds. The number of aromatic nitrogens is 3. The molecule has 0 aromatic carbocycles. The number of carbonyl (C=O) groups is 1. The van der Waals surface area contributed by atoms with Crippen LogP contribution in [0.15, 0.2) is 0 Å². The average molecular weight is 435 g/mol. The lowest BCUT2D eigenvalue weighted by molar-refractivity contribution is -0.137. The molecule has 2 aliphatic heterocycles. The van der Waals surface area contributed by atoms with Crippen LogP contribution in [0, 0.1) is 16.6 Å². The van der Waals surface area contributed by atoms with Crippen molar-refractivity contribution in [3.63, 3.8) is 0 Å². The largest absolute Gasteiger partial charge is 0.343 e. The van der Waals surface area contributed by atoms with Crippen molar-refractivity contribution < 1.29 is 4.79 Å². The second-order valence-corrected chi connectivity index (χ2v) is 10.3. The van der Waals surface area contributed by atoms with Crippen LogP contribution in [-0.2, 0) is 11.5 Å². The monoisotopic (exact) mass is 434 g/mol. The van der Waals surface area contributed by atoms with E-state index < -0.39 is 0 Å². The van der Waals surface area contributed by atoms with Crippen LogP contribution in [0.25, 0.3) is 0 Å².